The van der Waals surface area contributed by atoms with Crippen molar-refractivity contribution in [3.8, 4) is 0 Å². The van der Waals surface area contributed by atoms with Gasteiger partial charge in [-0.3, -0.25) is 0 Å². The van der Waals surface area contributed by atoms with Gasteiger partial charge in [-0.1, -0.05) is 65.3 Å². The summed E-state index contributed by atoms with van der Waals surface area (Å²) in [7, 11) is 1.90. The van der Waals surface area contributed by atoms with Crippen LogP contribution in [-0.2, 0) is 4.74 Å². The molecule has 0 radical (unpaired) electrons. The summed E-state index contributed by atoms with van der Waals surface area (Å²) >= 11 is 0. The maximum absolute atomic E-state index is 5.75. The predicted molar refractivity (Wildman–Crippen MR) is 128 cm³/mol. The van der Waals surface area contributed by atoms with E-state index in [4.69, 9.17) is 4.74 Å². The van der Waals surface area contributed by atoms with E-state index in [2.05, 4.69) is 59.8 Å². The Kier molecular flexibility index (Phi) is 6.35. The molecule has 3 fully saturated rings. The Morgan fingerprint density at radius 2 is 1.73 bits per heavy atom. The van der Waals surface area contributed by atoms with Gasteiger partial charge in [0.2, 0.25) is 0 Å². The van der Waals surface area contributed by atoms with Crippen LogP contribution in [0.1, 0.15) is 92.9 Å². The highest BCUT2D eigenvalue weighted by molar-refractivity contribution is 5.25. The Hall–Kier alpha value is -0.560. The van der Waals surface area contributed by atoms with Crippen LogP contribution in [-0.4, -0.2) is 13.2 Å². The lowest BCUT2D eigenvalue weighted by Gasteiger charge is -2.58. The minimum Gasteiger partial charge on any atom is -0.381 e. The number of rotatable bonds is 5. The van der Waals surface area contributed by atoms with Gasteiger partial charge in [-0.05, 0) is 104 Å². The molecule has 0 aliphatic heterocycles. The van der Waals surface area contributed by atoms with E-state index in [0.29, 0.717) is 22.9 Å². The van der Waals surface area contributed by atoms with Crippen LogP contribution in [0, 0.1) is 52.3 Å². The molecule has 0 saturated heterocycles. The maximum Gasteiger partial charge on any atom is 0.0608 e. The van der Waals surface area contributed by atoms with Crippen LogP contribution < -0.4 is 0 Å². The molecule has 0 aromatic carbocycles. The topological polar surface area (TPSA) is 9.23 Å². The molecule has 1 nitrogen and oxygen atoms in total. The van der Waals surface area contributed by atoms with Gasteiger partial charge in [0.25, 0.3) is 0 Å². The number of hydrogen-bond acceptors (Lipinski definition) is 1. The van der Waals surface area contributed by atoms with Crippen molar-refractivity contribution in [1.29, 1.82) is 0 Å². The van der Waals surface area contributed by atoms with Crippen LogP contribution in [0.4, 0.5) is 0 Å². The molecule has 30 heavy (non-hydrogen) atoms. The third kappa shape index (κ3) is 3.66. The van der Waals surface area contributed by atoms with Crippen molar-refractivity contribution in [3.63, 3.8) is 0 Å². The first-order chi connectivity index (χ1) is 14.2. The fourth-order valence-corrected chi connectivity index (χ4v) is 8.44. The van der Waals surface area contributed by atoms with Crippen LogP contribution >= 0.6 is 0 Å². The third-order valence-corrected chi connectivity index (χ3v) is 10.9. The predicted octanol–water partition coefficient (Wildman–Crippen LogP) is 8.06. The van der Waals surface area contributed by atoms with E-state index in [0.717, 1.165) is 35.5 Å². The fourth-order valence-electron chi connectivity index (χ4n) is 8.44. The molecule has 0 spiro atoms. The standard InChI is InChI=1S/C29H48O/c1-19(2)20(3)8-9-21(4)25-12-13-26-24-11-10-22-18-23(30-7)14-16-28(22,5)27(24)15-17-29(25,26)6/h8-10,19-21,23-27H,11-18H2,1-7H3. The number of methoxy groups -OCH3 is 1. The summed E-state index contributed by atoms with van der Waals surface area (Å²) in [5.74, 6) is 5.81. The Morgan fingerprint density at radius 1 is 0.967 bits per heavy atom. The number of allylic oxidation sites excluding steroid dienone is 3. The first-order valence-corrected chi connectivity index (χ1v) is 13.1. The minimum absolute atomic E-state index is 0.454. The van der Waals surface area contributed by atoms with Gasteiger partial charge in [-0.15, -0.1) is 0 Å². The van der Waals surface area contributed by atoms with Crippen LogP contribution in [0.25, 0.3) is 0 Å². The maximum atomic E-state index is 5.75. The van der Waals surface area contributed by atoms with E-state index in [1.807, 2.05) is 7.11 Å². The van der Waals surface area contributed by atoms with Crippen molar-refractivity contribution >= 4 is 0 Å². The lowest BCUT2D eigenvalue weighted by atomic mass is 9.47. The summed E-state index contributed by atoms with van der Waals surface area (Å²) in [5, 5.41) is 0. The van der Waals surface area contributed by atoms with E-state index in [1.54, 1.807) is 5.57 Å². The Bertz CT molecular complexity index is 674. The van der Waals surface area contributed by atoms with Gasteiger partial charge in [-0.25, -0.2) is 0 Å². The number of fused-ring (bicyclic) bond motifs is 5. The van der Waals surface area contributed by atoms with Crippen molar-refractivity contribution < 1.29 is 4.74 Å². The summed E-state index contributed by atoms with van der Waals surface area (Å²) in [6.07, 6.45) is 19.2. The molecule has 170 valence electrons. The summed E-state index contributed by atoms with van der Waals surface area (Å²) < 4.78 is 5.75. The van der Waals surface area contributed by atoms with Gasteiger partial charge in [0.1, 0.15) is 0 Å². The molecule has 1 heteroatoms. The molecule has 4 rings (SSSR count). The van der Waals surface area contributed by atoms with Crippen molar-refractivity contribution in [2.75, 3.05) is 7.11 Å². The van der Waals surface area contributed by atoms with E-state index in [1.165, 1.54) is 51.4 Å². The number of hydrogen-bond donors (Lipinski definition) is 0. The van der Waals surface area contributed by atoms with Crippen molar-refractivity contribution in [2.45, 2.75) is 99.0 Å². The average Bonchev–Trinajstić information content (AvgIpc) is 3.08. The zero-order chi connectivity index (χ0) is 21.7. The van der Waals surface area contributed by atoms with E-state index in [-0.39, 0.29) is 0 Å². The van der Waals surface area contributed by atoms with Crippen LogP contribution in [0.15, 0.2) is 23.8 Å². The van der Waals surface area contributed by atoms with Gasteiger partial charge in [0.05, 0.1) is 6.10 Å². The average molecular weight is 413 g/mol. The van der Waals surface area contributed by atoms with Crippen LogP contribution in [0.3, 0.4) is 0 Å². The minimum atomic E-state index is 0.454. The summed E-state index contributed by atoms with van der Waals surface area (Å²) in [6.45, 7) is 14.9. The molecular weight excluding hydrogens is 364 g/mol. The molecule has 9 unspecified atom stereocenters. The molecule has 3 saturated carbocycles. The normalized spacial score (nSPS) is 45.6. The fraction of sp³-hybridized carbons (Fsp3) is 0.862. The van der Waals surface area contributed by atoms with Gasteiger partial charge in [0.15, 0.2) is 0 Å². The second-order valence-electron chi connectivity index (χ2n) is 12.4. The van der Waals surface area contributed by atoms with Crippen molar-refractivity contribution in [2.24, 2.45) is 52.3 Å². The van der Waals surface area contributed by atoms with Crippen LogP contribution in [0.5, 0.6) is 0 Å². The molecule has 4 aliphatic rings. The summed E-state index contributed by atoms with van der Waals surface area (Å²) in [4.78, 5) is 0. The molecule has 0 amide bonds. The van der Waals surface area contributed by atoms with Gasteiger partial charge >= 0.3 is 0 Å². The van der Waals surface area contributed by atoms with Crippen molar-refractivity contribution in [3.05, 3.63) is 23.8 Å². The lowest BCUT2D eigenvalue weighted by molar-refractivity contribution is -0.0572. The van der Waals surface area contributed by atoms with E-state index >= 15 is 0 Å². The second kappa shape index (κ2) is 8.42. The van der Waals surface area contributed by atoms with Crippen LogP contribution in [0.2, 0.25) is 0 Å². The highest BCUT2D eigenvalue weighted by Gasteiger charge is 2.59. The molecule has 0 N–H and O–H groups in total. The quantitative estimate of drug-likeness (QED) is 0.415. The second-order valence-corrected chi connectivity index (χ2v) is 12.4. The Labute approximate surface area is 187 Å². The largest absolute Gasteiger partial charge is 0.381 e. The molecule has 9 atom stereocenters. The molecule has 0 heterocycles. The SMILES string of the molecule is COC1CCC2(C)C(=CCC3C2CCC2(C)C(C(C)C=CC(C)C(C)C)CCC32)C1. The third-order valence-electron chi connectivity index (χ3n) is 10.9. The summed E-state index contributed by atoms with van der Waals surface area (Å²) in [6, 6.07) is 0. The molecule has 4 aliphatic carbocycles. The molecule has 0 aromatic rings. The highest BCUT2D eigenvalue weighted by atomic mass is 16.5. The summed E-state index contributed by atoms with van der Waals surface area (Å²) in [5.41, 5.74) is 2.76. The van der Waals surface area contributed by atoms with Gasteiger partial charge in [-0.2, -0.15) is 0 Å². The first kappa shape index (κ1) is 22.6. The number of ether oxygens (including phenoxy) is 1. The van der Waals surface area contributed by atoms with E-state index < -0.39 is 0 Å². The first-order valence-electron chi connectivity index (χ1n) is 13.1. The molecule has 0 aromatic heterocycles. The van der Waals surface area contributed by atoms with Gasteiger partial charge < -0.3 is 4.74 Å². The zero-order valence-electron chi connectivity index (χ0n) is 20.9. The smallest absolute Gasteiger partial charge is 0.0608 e. The van der Waals surface area contributed by atoms with Gasteiger partial charge in [0, 0.05) is 7.11 Å². The highest BCUT2D eigenvalue weighted by Crippen LogP contribution is 2.67. The monoisotopic (exact) mass is 412 g/mol. The Balaban J connectivity index is 1.52. The Morgan fingerprint density at radius 3 is 2.43 bits per heavy atom. The lowest BCUT2D eigenvalue weighted by Crippen LogP contribution is -2.50. The van der Waals surface area contributed by atoms with E-state index in [9.17, 15) is 0 Å². The molecule has 0 bridgehead atoms. The van der Waals surface area contributed by atoms with Crippen molar-refractivity contribution in [1.82, 2.24) is 0 Å². The zero-order valence-corrected chi connectivity index (χ0v) is 20.9. The molecular formula is C29H48O.